The van der Waals surface area contributed by atoms with Crippen LogP contribution in [0.2, 0.25) is 0 Å². The van der Waals surface area contributed by atoms with Gasteiger partial charge in [-0.15, -0.1) is 0 Å². The molecule has 4 heteroatoms. The van der Waals surface area contributed by atoms with E-state index < -0.39 is 5.60 Å². The molecular formula is C19H21NO3. The maximum atomic E-state index is 12.9. The van der Waals surface area contributed by atoms with Crippen molar-refractivity contribution in [2.24, 2.45) is 5.92 Å². The highest BCUT2D eigenvalue weighted by Gasteiger charge is 2.70. The second kappa shape index (κ2) is 3.99. The molecule has 1 spiro atoms. The highest BCUT2D eigenvalue weighted by Crippen LogP contribution is 2.65. The van der Waals surface area contributed by atoms with Gasteiger partial charge in [0.1, 0.15) is 0 Å². The Morgan fingerprint density at radius 3 is 3.00 bits per heavy atom. The van der Waals surface area contributed by atoms with Gasteiger partial charge in [0.2, 0.25) is 0 Å². The van der Waals surface area contributed by atoms with Crippen LogP contribution in [0.5, 0.6) is 11.5 Å². The van der Waals surface area contributed by atoms with E-state index in [0.29, 0.717) is 12.0 Å². The fourth-order valence-corrected chi connectivity index (χ4v) is 5.62. The molecule has 2 aliphatic carbocycles. The lowest BCUT2D eigenvalue weighted by atomic mass is 9.49. The minimum absolute atomic E-state index is 0.0863. The third-order valence-corrected chi connectivity index (χ3v) is 6.79. The molecule has 23 heavy (non-hydrogen) atoms. The number of benzene rings is 1. The maximum absolute atomic E-state index is 12.9. The Morgan fingerprint density at radius 2 is 2.22 bits per heavy atom. The van der Waals surface area contributed by atoms with Gasteiger partial charge >= 0.3 is 0 Å². The van der Waals surface area contributed by atoms with Crippen molar-refractivity contribution in [3.63, 3.8) is 0 Å². The molecule has 4 nitrogen and oxygen atoms in total. The van der Waals surface area contributed by atoms with Gasteiger partial charge in [0, 0.05) is 17.5 Å². The van der Waals surface area contributed by atoms with Gasteiger partial charge in [0.25, 0.3) is 0 Å². The summed E-state index contributed by atoms with van der Waals surface area (Å²) >= 11 is 0. The molecule has 4 aliphatic rings. The molecule has 0 aromatic heterocycles. The molecule has 0 radical (unpaired) electrons. The number of hydrogen-bond acceptors (Lipinski definition) is 4. The molecule has 2 heterocycles. The first kappa shape index (κ1) is 13.6. The average molecular weight is 311 g/mol. The van der Waals surface area contributed by atoms with E-state index >= 15 is 0 Å². The Hall–Kier alpha value is -1.81. The summed E-state index contributed by atoms with van der Waals surface area (Å²) in [6, 6.07) is 4.59. The zero-order chi connectivity index (χ0) is 16.0. The van der Waals surface area contributed by atoms with Gasteiger partial charge in [-0.05, 0) is 51.1 Å². The molecule has 0 amide bonds. The molecule has 0 N–H and O–H groups in total. The fourth-order valence-electron chi connectivity index (χ4n) is 5.62. The minimum Gasteiger partial charge on any atom is -0.493 e. The zero-order valence-electron chi connectivity index (χ0n) is 13.8. The van der Waals surface area contributed by atoms with Crippen LogP contribution < -0.4 is 9.47 Å². The Balaban J connectivity index is 1.88. The highest BCUT2D eigenvalue weighted by molar-refractivity contribution is 6.01. The summed E-state index contributed by atoms with van der Waals surface area (Å²) in [5.74, 6) is 1.96. The molecule has 1 aromatic carbocycles. The summed E-state index contributed by atoms with van der Waals surface area (Å²) < 4.78 is 11.9. The van der Waals surface area contributed by atoms with E-state index in [1.54, 1.807) is 13.2 Å². The predicted octanol–water partition coefficient (Wildman–Crippen LogP) is 2.10. The number of rotatable bonds is 1. The first-order valence-corrected chi connectivity index (χ1v) is 8.35. The van der Waals surface area contributed by atoms with E-state index in [1.807, 2.05) is 13.0 Å². The van der Waals surface area contributed by atoms with Gasteiger partial charge in [-0.2, -0.15) is 0 Å². The van der Waals surface area contributed by atoms with Gasteiger partial charge in [-0.1, -0.05) is 12.1 Å². The van der Waals surface area contributed by atoms with Crippen LogP contribution in [0.25, 0.3) is 0 Å². The number of nitrogens with zero attached hydrogens (tertiary/aromatic N) is 1. The SMILES string of the molecule is COc1ccc2c3c1O[C@@]1(C)C(=O)C=C[C@H]4[C@@H](C2)N(C)CC[C@@]341. The van der Waals surface area contributed by atoms with Gasteiger partial charge in [-0.3, -0.25) is 4.79 Å². The predicted molar refractivity (Wildman–Crippen MR) is 86.1 cm³/mol. The van der Waals surface area contributed by atoms with E-state index in [9.17, 15) is 4.79 Å². The van der Waals surface area contributed by atoms with Crippen molar-refractivity contribution in [1.29, 1.82) is 0 Å². The summed E-state index contributed by atoms with van der Waals surface area (Å²) in [5.41, 5.74) is 1.51. The number of likely N-dealkylation sites (tertiary alicyclic amines) is 1. The van der Waals surface area contributed by atoms with Crippen molar-refractivity contribution in [3.8, 4) is 11.5 Å². The molecule has 0 saturated carbocycles. The fraction of sp³-hybridized carbons (Fsp3) is 0.526. The van der Waals surface area contributed by atoms with E-state index in [4.69, 9.17) is 9.47 Å². The summed E-state index contributed by atoms with van der Waals surface area (Å²) in [4.78, 5) is 15.3. The number of carbonyl (C=O) groups is 1. The number of ketones is 1. The third-order valence-electron chi connectivity index (χ3n) is 6.79. The number of carbonyl (C=O) groups excluding carboxylic acids is 1. The Labute approximate surface area is 136 Å². The van der Waals surface area contributed by atoms with Crippen LogP contribution in [0.3, 0.4) is 0 Å². The standard InChI is InChI=1S/C19H21NO3/c1-18-15(21)7-5-12-13-10-11-4-6-14(22-3)17(23-18)16(11)19(12,18)8-9-20(13)2/h4-7,12-13H,8-10H2,1-3H3/t12-,13+,18-,19-/m0/s1. The number of piperidine rings is 1. The quantitative estimate of drug-likeness (QED) is 0.796. The number of methoxy groups -OCH3 is 1. The van der Waals surface area contributed by atoms with Crippen LogP contribution in [-0.4, -0.2) is 43.0 Å². The minimum atomic E-state index is -0.807. The zero-order valence-corrected chi connectivity index (χ0v) is 13.8. The molecule has 4 atom stereocenters. The topological polar surface area (TPSA) is 38.8 Å². The van der Waals surface area contributed by atoms with Crippen molar-refractivity contribution in [1.82, 2.24) is 4.90 Å². The molecule has 2 bridgehead atoms. The first-order valence-electron chi connectivity index (χ1n) is 8.35. The van der Waals surface area contributed by atoms with E-state index in [2.05, 4.69) is 24.1 Å². The monoisotopic (exact) mass is 311 g/mol. The van der Waals surface area contributed by atoms with Crippen LogP contribution in [0, 0.1) is 5.92 Å². The van der Waals surface area contributed by atoms with Crippen molar-refractivity contribution in [2.45, 2.75) is 36.8 Å². The first-order chi connectivity index (χ1) is 11.0. The van der Waals surface area contributed by atoms with Crippen LogP contribution in [0.15, 0.2) is 24.3 Å². The van der Waals surface area contributed by atoms with E-state index in [-0.39, 0.29) is 11.2 Å². The van der Waals surface area contributed by atoms with Crippen molar-refractivity contribution in [2.75, 3.05) is 20.7 Å². The molecule has 0 unspecified atom stereocenters. The van der Waals surface area contributed by atoms with Gasteiger partial charge in [0.15, 0.2) is 22.9 Å². The van der Waals surface area contributed by atoms with Crippen LogP contribution >= 0.6 is 0 Å². The van der Waals surface area contributed by atoms with Crippen LogP contribution in [-0.2, 0) is 16.6 Å². The largest absolute Gasteiger partial charge is 0.493 e. The van der Waals surface area contributed by atoms with Gasteiger partial charge in [0.05, 0.1) is 12.5 Å². The molecule has 5 rings (SSSR count). The van der Waals surface area contributed by atoms with Crippen molar-refractivity contribution < 1.29 is 14.3 Å². The molecule has 1 saturated heterocycles. The highest BCUT2D eigenvalue weighted by atomic mass is 16.5. The molecule has 1 fully saturated rings. The lowest BCUT2D eigenvalue weighted by Crippen LogP contribution is -2.69. The number of ether oxygens (including phenoxy) is 2. The maximum Gasteiger partial charge on any atom is 0.199 e. The average Bonchev–Trinajstić information content (AvgIpc) is 2.82. The van der Waals surface area contributed by atoms with E-state index in [0.717, 1.165) is 30.9 Å². The molecule has 1 aromatic rings. The van der Waals surface area contributed by atoms with Crippen molar-refractivity contribution >= 4 is 5.78 Å². The molecule has 120 valence electrons. The van der Waals surface area contributed by atoms with Crippen LogP contribution in [0.4, 0.5) is 0 Å². The van der Waals surface area contributed by atoms with E-state index in [1.165, 1.54) is 11.1 Å². The Morgan fingerprint density at radius 1 is 1.39 bits per heavy atom. The lowest BCUT2D eigenvalue weighted by Gasteiger charge is -2.58. The second-order valence-corrected chi connectivity index (χ2v) is 7.49. The number of hydrogen-bond donors (Lipinski definition) is 0. The normalized spacial score (nSPS) is 39.9. The smallest absolute Gasteiger partial charge is 0.199 e. The van der Waals surface area contributed by atoms with Crippen LogP contribution in [0.1, 0.15) is 24.5 Å². The Kier molecular flexibility index (Phi) is 2.36. The number of likely N-dealkylation sites (N-methyl/N-ethyl adjacent to an activating group) is 1. The summed E-state index contributed by atoms with van der Waals surface area (Å²) in [6.07, 6.45) is 5.85. The van der Waals surface area contributed by atoms with Gasteiger partial charge in [-0.25, -0.2) is 0 Å². The summed E-state index contributed by atoms with van der Waals surface area (Å²) in [6.45, 7) is 2.99. The third kappa shape index (κ3) is 1.28. The molecule has 2 aliphatic heterocycles. The summed E-state index contributed by atoms with van der Waals surface area (Å²) in [5, 5.41) is 0. The van der Waals surface area contributed by atoms with Crippen molar-refractivity contribution in [3.05, 3.63) is 35.4 Å². The molecular weight excluding hydrogens is 290 g/mol. The van der Waals surface area contributed by atoms with Gasteiger partial charge < -0.3 is 14.4 Å². The second-order valence-electron chi connectivity index (χ2n) is 7.49. The summed E-state index contributed by atoms with van der Waals surface area (Å²) in [7, 11) is 3.87. The lowest BCUT2D eigenvalue weighted by molar-refractivity contribution is -0.140. The Bertz CT molecular complexity index is 770.